The Hall–Kier alpha value is -1.86. The zero-order valence-electron chi connectivity index (χ0n) is 10.6. The number of aryl methyl sites for hydroxylation is 1. The molecule has 0 spiro atoms. The number of rotatable bonds is 0. The molecule has 0 bridgehead atoms. The van der Waals surface area contributed by atoms with Crippen LogP contribution in [0.1, 0.15) is 22.4 Å². The number of aromatic nitrogens is 2. The molecule has 1 aromatic heterocycles. The zero-order valence-corrected chi connectivity index (χ0v) is 12.2. The van der Waals surface area contributed by atoms with Crippen LogP contribution in [0.2, 0.25) is 0 Å². The number of hydrogen-bond donors (Lipinski definition) is 2. The normalized spacial score (nSPS) is 25.7. The van der Waals surface area contributed by atoms with Crippen LogP contribution in [-0.4, -0.2) is 15.6 Å². The number of hydrogen-bond acceptors (Lipinski definition) is 3. The molecule has 2 aliphatic heterocycles. The lowest BCUT2D eigenvalue weighted by Gasteiger charge is -2.30. The highest BCUT2D eigenvalue weighted by Gasteiger charge is 2.58. The van der Waals surface area contributed by atoms with E-state index in [-0.39, 0.29) is 22.9 Å². The van der Waals surface area contributed by atoms with Crippen LogP contribution in [0.3, 0.4) is 0 Å². The molecule has 0 aliphatic carbocycles. The fourth-order valence-electron chi connectivity index (χ4n) is 2.80. The van der Waals surface area contributed by atoms with Crippen LogP contribution >= 0.6 is 0 Å². The lowest BCUT2D eigenvalue weighted by molar-refractivity contribution is -0.673. The van der Waals surface area contributed by atoms with E-state index in [9.17, 15) is 9.90 Å². The molecule has 0 fully saturated rings. The summed E-state index contributed by atoms with van der Waals surface area (Å²) in [6.45, 7) is 0. The van der Waals surface area contributed by atoms with Crippen molar-refractivity contribution in [1.29, 1.82) is 0 Å². The molecule has 3 heterocycles. The minimum atomic E-state index is -1.52. The molecule has 6 nitrogen and oxygen atoms in total. The number of nitrogens with zero attached hydrogens (tertiary/aromatic N) is 2. The van der Waals surface area contributed by atoms with Gasteiger partial charge in [-0.1, -0.05) is 18.2 Å². The average Bonchev–Trinajstić information content (AvgIpc) is 2.89. The van der Waals surface area contributed by atoms with Crippen molar-refractivity contribution in [2.45, 2.75) is 12.0 Å². The molecule has 2 aromatic rings. The molecule has 20 heavy (non-hydrogen) atoms. The third kappa shape index (κ3) is 1.41. The molecule has 2 atom stereocenters. The van der Waals surface area contributed by atoms with Gasteiger partial charge in [-0.2, -0.15) is 4.57 Å². The molecule has 1 amide bonds. The van der Waals surface area contributed by atoms with E-state index < -0.39 is 12.0 Å². The van der Waals surface area contributed by atoms with E-state index in [1.165, 1.54) is 0 Å². The molecule has 7 heteroatoms. The Kier molecular flexibility index (Phi) is 2.67. The number of benzene rings is 1. The number of carbonyl (C=O) groups is 1. The quantitative estimate of drug-likeness (QED) is 0.497. The van der Waals surface area contributed by atoms with E-state index in [1.54, 1.807) is 46.8 Å². The monoisotopic (exact) mass is 337 g/mol. The maximum Gasteiger partial charge on any atom is 0.350 e. The second-order valence-corrected chi connectivity index (χ2v) is 4.83. The Morgan fingerprint density at radius 2 is 2.20 bits per heavy atom. The second-order valence-electron chi connectivity index (χ2n) is 4.83. The van der Waals surface area contributed by atoms with Crippen LogP contribution in [-0.2, 0) is 12.8 Å². The van der Waals surface area contributed by atoms with Gasteiger partial charge in [0.1, 0.15) is 18.1 Å². The number of fused-ring (bicyclic) bond motifs is 5. The van der Waals surface area contributed by atoms with Crippen LogP contribution in [0.25, 0.3) is 0 Å². The molecule has 1 aromatic carbocycles. The first-order valence-corrected chi connectivity index (χ1v) is 5.99. The fraction of sp³-hybridized carbons (Fsp3) is 0.231. The lowest BCUT2D eigenvalue weighted by Crippen LogP contribution is -3.00. The minimum Gasteiger partial charge on any atom is -1.00 e. The molecule has 2 N–H and O–H groups in total. The Morgan fingerprint density at radius 1 is 1.45 bits per heavy atom. The molecule has 0 radical (unpaired) electrons. The van der Waals surface area contributed by atoms with Gasteiger partial charge in [0.2, 0.25) is 5.72 Å². The molecule has 4 rings (SSSR count). The summed E-state index contributed by atoms with van der Waals surface area (Å²) < 4.78 is 9.13. The third-order valence-corrected chi connectivity index (χ3v) is 3.68. The van der Waals surface area contributed by atoms with E-state index in [0.717, 1.165) is 0 Å². The van der Waals surface area contributed by atoms with Crippen LogP contribution in [0.4, 0.5) is 0 Å². The summed E-state index contributed by atoms with van der Waals surface area (Å²) in [6.07, 6.45) is 2.81. The molecule has 0 saturated heterocycles. The highest BCUT2D eigenvalue weighted by molar-refractivity contribution is 5.91. The van der Waals surface area contributed by atoms with E-state index >= 15 is 0 Å². The van der Waals surface area contributed by atoms with Crippen molar-refractivity contribution >= 4 is 5.91 Å². The van der Waals surface area contributed by atoms with Gasteiger partial charge in [-0.15, -0.1) is 0 Å². The van der Waals surface area contributed by atoms with Crippen molar-refractivity contribution in [1.82, 2.24) is 9.88 Å². The lowest BCUT2D eigenvalue weighted by atomic mass is 10.0. The first kappa shape index (κ1) is 13.1. The number of para-hydroxylation sites is 1. The van der Waals surface area contributed by atoms with Crippen molar-refractivity contribution in [2.24, 2.45) is 7.05 Å². The van der Waals surface area contributed by atoms with Crippen molar-refractivity contribution < 1.29 is 36.2 Å². The summed E-state index contributed by atoms with van der Waals surface area (Å²) in [6, 6.07) is 7.17. The Bertz CT molecular complexity index is 715. The summed E-state index contributed by atoms with van der Waals surface area (Å²) >= 11 is 0. The summed E-state index contributed by atoms with van der Waals surface area (Å²) in [4.78, 5) is 12.2. The fourth-order valence-corrected chi connectivity index (χ4v) is 2.80. The van der Waals surface area contributed by atoms with Crippen molar-refractivity contribution in [3.63, 3.8) is 0 Å². The van der Waals surface area contributed by atoms with E-state index in [0.29, 0.717) is 17.1 Å². The van der Waals surface area contributed by atoms with Gasteiger partial charge in [0.05, 0.1) is 12.6 Å². The minimum absolute atomic E-state index is 0. The molecule has 104 valence electrons. The number of aliphatic hydroxyl groups is 1. The predicted octanol–water partition coefficient (Wildman–Crippen LogP) is -3.20. The summed E-state index contributed by atoms with van der Waals surface area (Å²) in [7, 11) is 1.78. The van der Waals surface area contributed by atoms with Gasteiger partial charge in [0, 0.05) is 0 Å². The number of halogens is 1. The molecule has 0 saturated carbocycles. The van der Waals surface area contributed by atoms with E-state index in [2.05, 4.69) is 5.32 Å². The summed E-state index contributed by atoms with van der Waals surface area (Å²) in [5.41, 5.74) is -0.942. The predicted molar refractivity (Wildman–Crippen MR) is 63.1 cm³/mol. The third-order valence-electron chi connectivity index (χ3n) is 3.68. The van der Waals surface area contributed by atoms with Crippen LogP contribution < -0.4 is 31.6 Å². The van der Waals surface area contributed by atoms with Gasteiger partial charge in [-0.25, -0.2) is 4.57 Å². The van der Waals surface area contributed by atoms with Crippen molar-refractivity contribution in [2.75, 3.05) is 0 Å². The highest BCUT2D eigenvalue weighted by atomic mass is 79.9. The molecular weight excluding hydrogens is 326 g/mol. The van der Waals surface area contributed by atoms with Crippen LogP contribution in [0, 0.1) is 0 Å². The number of nitrogens with one attached hydrogen (secondary N) is 1. The van der Waals surface area contributed by atoms with Crippen LogP contribution in [0.15, 0.2) is 36.7 Å². The number of imidazole rings is 1. The largest absolute Gasteiger partial charge is 1.00 e. The van der Waals surface area contributed by atoms with Gasteiger partial charge in [0.25, 0.3) is 6.23 Å². The van der Waals surface area contributed by atoms with Crippen molar-refractivity contribution in [3.05, 3.63) is 48.0 Å². The molecule has 2 unspecified atom stereocenters. The number of carbonyl (C=O) groups excluding carboxylic acids is 1. The number of ether oxygens (including phenoxy) is 1. The van der Waals surface area contributed by atoms with Gasteiger partial charge in [-0.05, 0) is 6.07 Å². The van der Waals surface area contributed by atoms with Crippen molar-refractivity contribution in [3.8, 4) is 5.75 Å². The van der Waals surface area contributed by atoms with Gasteiger partial charge >= 0.3 is 11.7 Å². The standard InChI is InChI=1S/C13H11N3O3.BrH/c1-15-6-7-16-11(15)10(17)14-13(18)8-4-2-3-5-9(8)19-12(13)16;/h2-7,12,18H,1H3;1H. The average molecular weight is 338 g/mol. The highest BCUT2D eigenvalue weighted by Crippen LogP contribution is 2.46. The topological polar surface area (TPSA) is 67.4 Å². The SMILES string of the molecule is C[n+]1ccn2c1C(=O)NC1(O)c3ccccc3OC21.[Br-]. The Labute approximate surface area is 125 Å². The summed E-state index contributed by atoms with van der Waals surface area (Å²) in [5, 5.41) is 13.4. The zero-order chi connectivity index (χ0) is 13.2. The van der Waals surface area contributed by atoms with Gasteiger partial charge in [0.15, 0.2) is 0 Å². The summed E-state index contributed by atoms with van der Waals surface area (Å²) in [5.74, 6) is 0.702. The second kappa shape index (κ2) is 4.07. The van der Waals surface area contributed by atoms with Crippen LogP contribution in [0.5, 0.6) is 5.75 Å². The number of amides is 1. The maximum absolute atomic E-state index is 12.2. The molecular formula is C13H12BrN3O3. The first-order valence-electron chi connectivity index (χ1n) is 5.99. The first-order chi connectivity index (χ1) is 9.11. The van der Waals surface area contributed by atoms with E-state index in [1.807, 2.05) is 6.07 Å². The molecule has 2 aliphatic rings. The van der Waals surface area contributed by atoms with Gasteiger partial charge in [-0.3, -0.25) is 4.79 Å². The van der Waals surface area contributed by atoms with E-state index in [4.69, 9.17) is 4.74 Å². The maximum atomic E-state index is 12.2. The smallest absolute Gasteiger partial charge is 0.350 e. The Morgan fingerprint density at radius 3 is 3.00 bits per heavy atom. The Balaban J connectivity index is 0.00000121. The van der Waals surface area contributed by atoms with Gasteiger partial charge < -0.3 is 32.1 Å².